The molecule has 0 spiro atoms. The van der Waals surface area contributed by atoms with E-state index in [1.807, 2.05) is 27.7 Å². The summed E-state index contributed by atoms with van der Waals surface area (Å²) in [4.78, 5) is 95.9. The van der Waals surface area contributed by atoms with E-state index in [1.165, 1.54) is 162 Å². The fraction of sp³-hybridized carbons (Fsp3) is 0.745. The summed E-state index contributed by atoms with van der Waals surface area (Å²) < 4.78 is 170. The van der Waals surface area contributed by atoms with Gasteiger partial charge in [0.25, 0.3) is 20.2 Å². The van der Waals surface area contributed by atoms with Gasteiger partial charge in [-0.1, -0.05) is 40.5 Å². The van der Waals surface area contributed by atoms with E-state index in [2.05, 4.69) is 102 Å². The smallest absolute Gasteiger partial charge is 0.344 e. The van der Waals surface area contributed by atoms with Crippen molar-refractivity contribution in [3.05, 3.63) is 83.0 Å². The largest absolute Gasteiger partial charge is 0.748 e. The average molecular weight is 2050 g/mol. The lowest BCUT2D eigenvalue weighted by Gasteiger charge is -2.59. The van der Waals surface area contributed by atoms with Gasteiger partial charge in [-0.25, -0.2) is 40.8 Å². The summed E-state index contributed by atoms with van der Waals surface area (Å²) in [5, 5.41) is -0.903. The van der Waals surface area contributed by atoms with Crippen LogP contribution in [-0.4, -0.2) is 212 Å². The molecule has 12 aliphatic carbocycles. The predicted octanol–water partition coefficient (Wildman–Crippen LogP) is 15.8. The van der Waals surface area contributed by atoms with Crippen molar-refractivity contribution in [3.8, 4) is 11.5 Å². The molecular weight excluding hydrogens is 1900 g/mol. The number of esters is 8. The second kappa shape index (κ2) is 47.9. The highest BCUT2D eigenvalue weighted by molar-refractivity contribution is 7.97. The van der Waals surface area contributed by atoms with Gasteiger partial charge < -0.3 is 56.5 Å². The molecule has 4 saturated heterocycles. The Morgan fingerprint density at radius 2 is 0.739 bits per heavy atom. The molecule has 778 valence electrons. The van der Waals surface area contributed by atoms with Crippen LogP contribution in [0.5, 0.6) is 11.5 Å². The van der Waals surface area contributed by atoms with E-state index >= 15 is 0 Å². The molecule has 36 heteroatoms. The summed E-state index contributed by atoms with van der Waals surface area (Å²) in [5.41, 5.74) is 4.04. The first-order chi connectivity index (χ1) is 64.2. The van der Waals surface area contributed by atoms with Gasteiger partial charge in [0, 0.05) is 62.2 Å². The van der Waals surface area contributed by atoms with E-state index in [0.717, 1.165) is 41.6 Å². The topological polar surface area (TPSA) is 430 Å². The normalized spacial score (nSPS) is 30.1. The van der Waals surface area contributed by atoms with Gasteiger partial charge in [-0.3, -0.25) is 22.7 Å². The van der Waals surface area contributed by atoms with Crippen LogP contribution in [-0.2, 0) is 147 Å². The van der Waals surface area contributed by atoms with Gasteiger partial charge >= 0.3 is 47.8 Å². The van der Waals surface area contributed by atoms with Crippen molar-refractivity contribution in [2.45, 2.75) is 328 Å². The first-order valence-corrected chi connectivity index (χ1v) is 58.3. The molecule has 0 radical (unpaired) electrons. The van der Waals surface area contributed by atoms with Gasteiger partial charge in [-0.2, -0.15) is 16.8 Å². The molecule has 2 aromatic carbocycles. The number of carbonyl (C=O) groups excluding carboxylic acids is 8. The number of fused-ring (bicyclic) bond motifs is 2. The highest BCUT2D eigenvalue weighted by atomic mass is 32.2. The Hall–Kier alpha value is -6.64. The summed E-state index contributed by atoms with van der Waals surface area (Å²) in [6.07, 6.45) is 23.7. The van der Waals surface area contributed by atoms with Gasteiger partial charge in [0.2, 0.25) is 0 Å². The molecule has 2 aromatic rings. The average Bonchev–Trinajstić information content (AvgIpc) is 1.68. The number of methoxy groups -OCH3 is 2. The minimum absolute atomic E-state index is 0.00284. The first-order valence-electron chi connectivity index (χ1n) is 49.1. The minimum Gasteiger partial charge on any atom is -0.748 e. The third-order valence-electron chi connectivity index (χ3n) is 31.1. The van der Waals surface area contributed by atoms with Gasteiger partial charge in [0.05, 0.1) is 72.7 Å². The molecule has 10 unspecified atom stereocenters. The summed E-state index contributed by atoms with van der Waals surface area (Å²) >= 11 is 0. The maximum Gasteiger partial charge on any atom is 0.344 e. The zero-order valence-corrected chi connectivity index (χ0v) is 89.8. The van der Waals surface area contributed by atoms with Crippen molar-refractivity contribution in [2.24, 2.45) is 87.3 Å². The van der Waals surface area contributed by atoms with Gasteiger partial charge in [0.1, 0.15) is 83.3 Å². The van der Waals surface area contributed by atoms with Crippen LogP contribution < -0.4 is 9.47 Å². The summed E-state index contributed by atoms with van der Waals surface area (Å²) in [6.45, 7) is 42.9. The molecule has 12 bridgehead atoms. The van der Waals surface area contributed by atoms with Gasteiger partial charge in [0.15, 0.2) is 23.0 Å². The second-order valence-corrected chi connectivity index (χ2v) is 53.9. The fourth-order valence-corrected chi connectivity index (χ4v) is 31.7. The van der Waals surface area contributed by atoms with Crippen molar-refractivity contribution >= 4 is 110 Å². The molecular formula is C102H154O30S6. The Labute approximate surface area is 826 Å². The number of carbonyl (C=O) groups is 8. The predicted molar refractivity (Wildman–Crippen MR) is 523 cm³/mol. The Morgan fingerprint density at radius 3 is 1.06 bits per heavy atom. The first kappa shape index (κ1) is 115. The molecule has 4 heterocycles. The Bertz CT molecular complexity index is 5000. The number of ether oxygens (including phenoxy) is 10. The molecule has 0 N–H and O–H groups in total. The number of aryl methyl sites for hydroxylation is 4. The number of rotatable bonds is 27. The monoisotopic (exact) mass is 2050 g/mol. The molecule has 0 aromatic heterocycles. The fourth-order valence-electron chi connectivity index (χ4n) is 22.4. The zero-order valence-electron chi connectivity index (χ0n) is 84.9. The molecule has 12 saturated carbocycles. The van der Waals surface area contributed by atoms with Crippen molar-refractivity contribution in [1.29, 1.82) is 0 Å². The van der Waals surface area contributed by atoms with E-state index in [1.54, 1.807) is 58.6 Å². The molecule has 30 nitrogen and oxygen atoms in total. The SMILES string of the molecule is C=C(C)C(=O)OC1(C)C2CC3CC(C2)CC1C3.C=C(C)C(=O)OCC(=O)OC1C2CC3C1OS(=O)(=O)C3C2.C=C(C)C(=O)OCCS(=O)(=O)[O-].CCC(C)(C)C(=O)OC1(C)C2CC3CC(C2)CC1C3.CCC(C)(C)C(=O)OCC(=O)OC1C2CC3C1OS(=O)(=O)C3C2.CCC(C)(C)C(=O)OCCS(=O)(=O)[O-].COc1c(C)cc([S+]2CCCCC2)cc1C.COc1c(C)cc([S+]2CCCCC2)cc1C. The van der Waals surface area contributed by atoms with Gasteiger partial charge in [-0.15, -0.1) is 0 Å². The zero-order chi connectivity index (χ0) is 103. The van der Waals surface area contributed by atoms with Crippen molar-refractivity contribution in [3.63, 3.8) is 0 Å². The molecule has 16 aliphatic rings. The van der Waals surface area contributed by atoms with Crippen LogP contribution in [0.1, 0.15) is 267 Å². The highest BCUT2D eigenvalue weighted by Gasteiger charge is 2.67. The molecule has 4 aliphatic heterocycles. The van der Waals surface area contributed by atoms with Crippen LogP contribution in [0.2, 0.25) is 0 Å². The van der Waals surface area contributed by atoms with E-state index in [9.17, 15) is 81.1 Å². The molecule has 18 rings (SSSR count). The highest BCUT2D eigenvalue weighted by Crippen LogP contribution is 2.62. The Morgan fingerprint density at radius 1 is 0.435 bits per heavy atom. The van der Waals surface area contributed by atoms with Crippen LogP contribution >= 0.6 is 0 Å². The van der Waals surface area contributed by atoms with E-state index < -0.39 is 153 Å². The molecule has 16 fully saturated rings. The standard InChI is InChI=1S/C17H28O2.C15H22O7S.C15H22O2.2C14H21OS.C13H16O7S.C8H16O5S.C6H10O5S/c1-5-16(2,3)15(18)19-17(4)13-7-11-6-12(9-13)10-14(17)8-11;1-4-15(2,3)14(17)20-7-11(16)21-12-8-5-9-10(6-8)23(18,19)22-13(9)12;1-9(2)14(16)17-15(3)12-5-10-4-11(7-12)8-13(15)6-10;2*1-11-9-13(10-12(2)14(11)15-3)16-7-5-4-6-8-16;1-6(2)13(15)18-5-10(14)19-11-7-3-8-9(4-7)21(16,17)20-12(8)11;1-4-8(2,3)7(9)13-5-6-14(10,11)12;1-5(2)6(7)11-3-4-12(8,9)10/h11-14H,5-10H2,1-4H3;8-10,12-13H,4-7H2,1-3H3;10-13H,1,4-8H2,2-3H3;2*9-10H,4-8H2,1-3H3;7-9,11-12H,1,3-5H2,2H3;4-6H2,1-3H3,(H,10,11,12);1,3-4H2,2H3,(H,8,9,10)/q;;;2*+1;;;/p-2. The van der Waals surface area contributed by atoms with Gasteiger partial charge in [-0.05, 0) is 345 Å². The van der Waals surface area contributed by atoms with Crippen molar-refractivity contribution in [1.82, 2.24) is 0 Å². The maximum absolute atomic E-state index is 12.5. The van der Waals surface area contributed by atoms with E-state index in [0.29, 0.717) is 89.6 Å². The van der Waals surface area contributed by atoms with Crippen LogP contribution in [0.4, 0.5) is 0 Å². The lowest BCUT2D eigenvalue weighted by atomic mass is 9.50. The molecule has 0 amide bonds. The number of hydrogen-bond acceptors (Lipinski definition) is 30. The minimum atomic E-state index is -4.30. The summed E-state index contributed by atoms with van der Waals surface area (Å²) in [7, 11) is -11.1. The molecule has 10 atom stereocenters. The summed E-state index contributed by atoms with van der Waals surface area (Å²) in [6, 6.07) is 9.33. The van der Waals surface area contributed by atoms with Crippen LogP contribution in [0.3, 0.4) is 0 Å². The summed E-state index contributed by atoms with van der Waals surface area (Å²) in [5.74, 6) is 8.46. The number of hydrogen-bond donors (Lipinski definition) is 0. The van der Waals surface area contributed by atoms with Crippen molar-refractivity contribution in [2.75, 3.05) is 75.2 Å². The van der Waals surface area contributed by atoms with Crippen LogP contribution in [0.25, 0.3) is 0 Å². The number of benzene rings is 2. The Kier molecular flexibility index (Phi) is 39.9. The molecule has 138 heavy (non-hydrogen) atoms. The van der Waals surface area contributed by atoms with E-state index in [-0.39, 0.29) is 70.0 Å². The third kappa shape index (κ3) is 29.6. The van der Waals surface area contributed by atoms with E-state index in [4.69, 9.17) is 46.3 Å². The second-order valence-electron chi connectivity index (χ2n) is 42.7. The third-order valence-corrected chi connectivity index (χ3v) is 41.0. The maximum atomic E-state index is 12.5. The lowest BCUT2D eigenvalue weighted by Crippen LogP contribution is -2.58. The van der Waals surface area contributed by atoms with Crippen LogP contribution in [0.15, 0.2) is 70.5 Å². The van der Waals surface area contributed by atoms with Crippen molar-refractivity contribution < 1.29 is 137 Å². The quantitative estimate of drug-likeness (QED) is 0.0200. The van der Waals surface area contributed by atoms with Crippen LogP contribution in [0, 0.1) is 115 Å². The Balaban J connectivity index is 0.000000178. The lowest BCUT2D eigenvalue weighted by molar-refractivity contribution is -0.211.